The monoisotopic (exact) mass is 318 g/mol. The SMILES string of the molecule is COCOc1ccccc1/C(=C/Br)c1ccccc1. The third-order valence-corrected chi connectivity index (χ3v) is 3.16. The number of rotatable bonds is 5. The number of hydrogen-bond acceptors (Lipinski definition) is 2. The zero-order chi connectivity index (χ0) is 13.5. The fourth-order valence-corrected chi connectivity index (χ4v) is 2.34. The lowest BCUT2D eigenvalue weighted by Gasteiger charge is -2.13. The predicted molar refractivity (Wildman–Crippen MR) is 81.4 cm³/mol. The van der Waals surface area contributed by atoms with Crippen LogP contribution in [0.5, 0.6) is 5.75 Å². The minimum atomic E-state index is 0.237. The number of ether oxygens (including phenoxy) is 2. The second-order valence-corrected chi connectivity index (χ2v) is 4.39. The van der Waals surface area contributed by atoms with Crippen LogP contribution in [-0.2, 0) is 4.74 Å². The van der Waals surface area contributed by atoms with Gasteiger partial charge in [0.2, 0.25) is 0 Å². The van der Waals surface area contributed by atoms with E-state index in [1.807, 2.05) is 47.4 Å². The summed E-state index contributed by atoms with van der Waals surface area (Å²) in [5, 5.41) is 0. The Labute approximate surface area is 121 Å². The molecule has 2 aromatic carbocycles. The molecule has 0 N–H and O–H groups in total. The van der Waals surface area contributed by atoms with E-state index in [1.165, 1.54) is 0 Å². The molecular formula is C16H15BrO2. The Balaban J connectivity index is 2.39. The number of para-hydroxylation sites is 1. The van der Waals surface area contributed by atoms with Crippen molar-refractivity contribution in [3.05, 3.63) is 70.7 Å². The van der Waals surface area contributed by atoms with Crippen molar-refractivity contribution in [2.24, 2.45) is 0 Å². The van der Waals surface area contributed by atoms with E-state index in [4.69, 9.17) is 9.47 Å². The lowest BCUT2D eigenvalue weighted by atomic mass is 9.99. The molecule has 2 aromatic rings. The molecule has 98 valence electrons. The first-order valence-corrected chi connectivity index (χ1v) is 6.85. The van der Waals surface area contributed by atoms with Crippen LogP contribution in [0.3, 0.4) is 0 Å². The summed E-state index contributed by atoms with van der Waals surface area (Å²) in [6.45, 7) is 0.237. The van der Waals surface area contributed by atoms with Crippen molar-refractivity contribution in [2.75, 3.05) is 13.9 Å². The summed E-state index contributed by atoms with van der Waals surface area (Å²) in [4.78, 5) is 1.91. The fraction of sp³-hybridized carbons (Fsp3) is 0.125. The summed E-state index contributed by atoms with van der Waals surface area (Å²) in [6, 6.07) is 18.1. The maximum atomic E-state index is 5.61. The van der Waals surface area contributed by atoms with E-state index in [9.17, 15) is 0 Å². The van der Waals surface area contributed by atoms with Crippen molar-refractivity contribution >= 4 is 21.5 Å². The molecule has 19 heavy (non-hydrogen) atoms. The molecule has 3 heteroatoms. The average molecular weight is 319 g/mol. The van der Waals surface area contributed by atoms with Gasteiger partial charge >= 0.3 is 0 Å². The smallest absolute Gasteiger partial charge is 0.188 e. The molecule has 0 saturated carbocycles. The number of benzene rings is 2. The van der Waals surface area contributed by atoms with Gasteiger partial charge in [-0.2, -0.15) is 0 Å². The first-order valence-electron chi connectivity index (χ1n) is 5.93. The third kappa shape index (κ3) is 3.46. The molecule has 0 aliphatic carbocycles. The molecule has 0 spiro atoms. The molecule has 2 nitrogen and oxygen atoms in total. The van der Waals surface area contributed by atoms with Gasteiger partial charge in [0.15, 0.2) is 6.79 Å². The van der Waals surface area contributed by atoms with Gasteiger partial charge in [0.05, 0.1) is 0 Å². The van der Waals surface area contributed by atoms with Crippen LogP contribution >= 0.6 is 15.9 Å². The normalized spacial score (nSPS) is 11.4. The zero-order valence-corrected chi connectivity index (χ0v) is 12.3. The van der Waals surface area contributed by atoms with Gasteiger partial charge in [0, 0.05) is 12.7 Å². The Bertz CT molecular complexity index is 550. The van der Waals surface area contributed by atoms with Crippen molar-refractivity contribution in [3.8, 4) is 5.75 Å². The van der Waals surface area contributed by atoms with Crippen molar-refractivity contribution in [1.82, 2.24) is 0 Å². The zero-order valence-electron chi connectivity index (χ0n) is 10.7. The average Bonchev–Trinajstić information content (AvgIpc) is 2.48. The molecule has 0 heterocycles. The van der Waals surface area contributed by atoms with Crippen LogP contribution in [0.15, 0.2) is 59.6 Å². The van der Waals surface area contributed by atoms with Crippen LogP contribution in [0.1, 0.15) is 11.1 Å². The molecule has 0 aromatic heterocycles. The van der Waals surface area contributed by atoms with Crippen molar-refractivity contribution in [1.29, 1.82) is 0 Å². The largest absolute Gasteiger partial charge is 0.467 e. The Hall–Kier alpha value is -1.58. The van der Waals surface area contributed by atoms with E-state index in [2.05, 4.69) is 28.1 Å². The molecule has 2 rings (SSSR count). The summed E-state index contributed by atoms with van der Waals surface area (Å²) in [5.41, 5.74) is 3.24. The van der Waals surface area contributed by atoms with Gasteiger partial charge in [0.1, 0.15) is 5.75 Å². The Kier molecular flexibility index (Phi) is 5.19. The topological polar surface area (TPSA) is 18.5 Å². The van der Waals surface area contributed by atoms with Crippen LogP contribution in [0.2, 0.25) is 0 Å². The van der Waals surface area contributed by atoms with E-state index in [-0.39, 0.29) is 6.79 Å². The standard InChI is InChI=1S/C16H15BrO2/c1-18-12-19-16-10-6-5-9-14(16)15(11-17)13-7-3-2-4-8-13/h2-11H,12H2,1H3/b15-11+. The van der Waals surface area contributed by atoms with Crippen LogP contribution in [0, 0.1) is 0 Å². The van der Waals surface area contributed by atoms with Crippen LogP contribution in [0.25, 0.3) is 5.57 Å². The lowest BCUT2D eigenvalue weighted by Crippen LogP contribution is -2.01. The third-order valence-electron chi connectivity index (χ3n) is 2.70. The van der Waals surface area contributed by atoms with E-state index in [0.717, 1.165) is 22.4 Å². The van der Waals surface area contributed by atoms with Gasteiger partial charge in [-0.25, -0.2) is 0 Å². The summed E-state index contributed by atoms with van der Waals surface area (Å²) in [5.74, 6) is 0.805. The number of methoxy groups -OCH3 is 1. The second-order valence-electron chi connectivity index (χ2n) is 3.94. The van der Waals surface area contributed by atoms with Crippen LogP contribution < -0.4 is 4.74 Å². The minimum Gasteiger partial charge on any atom is -0.467 e. The minimum absolute atomic E-state index is 0.237. The van der Waals surface area contributed by atoms with Gasteiger partial charge < -0.3 is 9.47 Å². The molecule has 0 radical (unpaired) electrons. The number of hydrogen-bond donors (Lipinski definition) is 0. The number of halogens is 1. The summed E-state index contributed by atoms with van der Waals surface area (Å²) in [6.07, 6.45) is 0. The molecule has 0 atom stereocenters. The van der Waals surface area contributed by atoms with Crippen molar-refractivity contribution < 1.29 is 9.47 Å². The maximum absolute atomic E-state index is 5.61. The van der Waals surface area contributed by atoms with Gasteiger partial charge in [-0.1, -0.05) is 64.5 Å². The summed E-state index contributed by atoms with van der Waals surface area (Å²) in [7, 11) is 1.61. The highest BCUT2D eigenvalue weighted by Crippen LogP contribution is 2.31. The van der Waals surface area contributed by atoms with Crippen LogP contribution in [0.4, 0.5) is 0 Å². The predicted octanol–water partition coefficient (Wildman–Crippen LogP) is 4.45. The highest BCUT2D eigenvalue weighted by molar-refractivity contribution is 9.11. The van der Waals surface area contributed by atoms with E-state index in [1.54, 1.807) is 7.11 Å². The van der Waals surface area contributed by atoms with E-state index >= 15 is 0 Å². The van der Waals surface area contributed by atoms with Gasteiger partial charge in [-0.15, -0.1) is 0 Å². The molecule has 0 aliphatic heterocycles. The van der Waals surface area contributed by atoms with Crippen LogP contribution in [-0.4, -0.2) is 13.9 Å². The van der Waals surface area contributed by atoms with Crippen molar-refractivity contribution in [3.63, 3.8) is 0 Å². The molecule has 0 unspecified atom stereocenters. The molecule has 0 bridgehead atoms. The Morgan fingerprint density at radius 2 is 1.74 bits per heavy atom. The quantitative estimate of drug-likeness (QED) is 0.758. The van der Waals surface area contributed by atoms with E-state index in [0.29, 0.717) is 0 Å². The highest BCUT2D eigenvalue weighted by atomic mass is 79.9. The molecule has 0 aliphatic rings. The second kappa shape index (κ2) is 7.12. The van der Waals surface area contributed by atoms with E-state index < -0.39 is 0 Å². The summed E-state index contributed by atoms with van der Waals surface area (Å²) < 4.78 is 10.6. The van der Waals surface area contributed by atoms with Gasteiger partial charge in [0.25, 0.3) is 0 Å². The first kappa shape index (κ1) is 13.8. The van der Waals surface area contributed by atoms with Crippen molar-refractivity contribution in [2.45, 2.75) is 0 Å². The van der Waals surface area contributed by atoms with Gasteiger partial charge in [-0.3, -0.25) is 0 Å². The lowest BCUT2D eigenvalue weighted by molar-refractivity contribution is 0.0509. The molecule has 0 saturated heterocycles. The Morgan fingerprint density at radius 1 is 1.05 bits per heavy atom. The maximum Gasteiger partial charge on any atom is 0.188 e. The first-order chi connectivity index (χ1) is 9.36. The summed E-state index contributed by atoms with van der Waals surface area (Å²) >= 11 is 3.44. The fourth-order valence-electron chi connectivity index (χ4n) is 1.83. The molecular weight excluding hydrogens is 304 g/mol. The Morgan fingerprint density at radius 3 is 2.42 bits per heavy atom. The highest BCUT2D eigenvalue weighted by Gasteiger charge is 2.09. The molecule has 0 amide bonds. The molecule has 0 fully saturated rings. The van der Waals surface area contributed by atoms with Gasteiger partial charge in [-0.05, 0) is 22.2 Å².